The lowest BCUT2D eigenvalue weighted by atomic mass is 10.0. The van der Waals surface area contributed by atoms with Gasteiger partial charge in [0, 0.05) is 11.8 Å². The van der Waals surface area contributed by atoms with Crippen LogP contribution in [0.2, 0.25) is 0 Å². The van der Waals surface area contributed by atoms with Gasteiger partial charge in [0.2, 0.25) is 5.78 Å². The van der Waals surface area contributed by atoms with Crippen molar-refractivity contribution in [2.75, 3.05) is 0 Å². The fourth-order valence-electron chi connectivity index (χ4n) is 1.88. The first-order chi connectivity index (χ1) is 10.7. The van der Waals surface area contributed by atoms with E-state index < -0.39 is 23.9 Å². The van der Waals surface area contributed by atoms with Crippen molar-refractivity contribution in [2.45, 2.75) is 13.3 Å². The Hall–Kier alpha value is -2.90. The highest BCUT2D eigenvalue weighted by molar-refractivity contribution is 6.13. The van der Waals surface area contributed by atoms with Crippen LogP contribution in [0.1, 0.15) is 32.0 Å². The van der Waals surface area contributed by atoms with Gasteiger partial charge in [0.25, 0.3) is 0 Å². The molecule has 0 aliphatic rings. The minimum absolute atomic E-state index is 0.161. The largest absolute Gasteiger partial charge is 0.573 e. The molecule has 23 heavy (non-hydrogen) atoms. The SMILES string of the molecule is Cc1cnc(C(=O)c2cccc(OC(F)(F)F)c2)c(C(=O)O)c1. The van der Waals surface area contributed by atoms with E-state index in [1.54, 1.807) is 6.92 Å². The highest BCUT2D eigenvalue weighted by Crippen LogP contribution is 2.24. The molecule has 0 saturated heterocycles. The average molecular weight is 325 g/mol. The molecular weight excluding hydrogens is 315 g/mol. The van der Waals surface area contributed by atoms with Gasteiger partial charge in [0.1, 0.15) is 11.4 Å². The number of aryl methyl sites for hydroxylation is 1. The molecule has 0 radical (unpaired) electrons. The van der Waals surface area contributed by atoms with Crippen molar-refractivity contribution in [1.82, 2.24) is 4.98 Å². The first kappa shape index (κ1) is 16.5. The maximum absolute atomic E-state index is 12.3. The first-order valence-corrected chi connectivity index (χ1v) is 6.28. The van der Waals surface area contributed by atoms with Crippen molar-refractivity contribution < 1.29 is 32.6 Å². The van der Waals surface area contributed by atoms with Crippen LogP contribution in [0.15, 0.2) is 36.5 Å². The molecule has 120 valence electrons. The molecule has 0 spiro atoms. The summed E-state index contributed by atoms with van der Waals surface area (Å²) in [4.78, 5) is 27.3. The third kappa shape index (κ3) is 4.06. The molecule has 8 heteroatoms. The number of ketones is 1. The number of pyridine rings is 1. The fourth-order valence-corrected chi connectivity index (χ4v) is 1.88. The summed E-state index contributed by atoms with van der Waals surface area (Å²) in [6, 6.07) is 5.62. The number of carboxylic acid groups (broad SMARTS) is 1. The summed E-state index contributed by atoms with van der Waals surface area (Å²) in [5, 5.41) is 9.13. The maximum atomic E-state index is 12.3. The third-order valence-corrected chi connectivity index (χ3v) is 2.80. The summed E-state index contributed by atoms with van der Waals surface area (Å²) in [5.74, 6) is -2.74. The molecule has 0 atom stereocenters. The summed E-state index contributed by atoms with van der Waals surface area (Å²) in [6.07, 6.45) is -3.59. The van der Waals surface area contributed by atoms with Gasteiger partial charge in [-0.25, -0.2) is 4.79 Å². The number of hydrogen-bond donors (Lipinski definition) is 1. The molecule has 2 aromatic rings. The maximum Gasteiger partial charge on any atom is 0.573 e. The minimum Gasteiger partial charge on any atom is -0.478 e. The van der Waals surface area contributed by atoms with E-state index in [-0.39, 0.29) is 16.8 Å². The lowest BCUT2D eigenvalue weighted by molar-refractivity contribution is -0.274. The van der Waals surface area contributed by atoms with Crippen LogP contribution in [0.4, 0.5) is 13.2 Å². The first-order valence-electron chi connectivity index (χ1n) is 6.28. The second kappa shape index (κ2) is 6.07. The van der Waals surface area contributed by atoms with Gasteiger partial charge in [0.05, 0.1) is 5.56 Å². The van der Waals surface area contributed by atoms with Gasteiger partial charge in [-0.2, -0.15) is 0 Å². The Bertz CT molecular complexity index is 772. The summed E-state index contributed by atoms with van der Waals surface area (Å²) in [7, 11) is 0. The van der Waals surface area contributed by atoms with Crippen LogP contribution in [-0.4, -0.2) is 28.2 Å². The van der Waals surface area contributed by atoms with Gasteiger partial charge in [-0.15, -0.1) is 13.2 Å². The summed E-state index contributed by atoms with van der Waals surface area (Å²) >= 11 is 0. The molecule has 0 fully saturated rings. The number of carbonyl (C=O) groups is 2. The predicted octanol–water partition coefficient (Wildman–Crippen LogP) is 3.22. The molecule has 0 unspecified atom stereocenters. The number of alkyl halides is 3. The second-order valence-corrected chi connectivity index (χ2v) is 4.62. The van der Waals surface area contributed by atoms with Crippen molar-refractivity contribution in [2.24, 2.45) is 0 Å². The molecule has 0 bridgehead atoms. The van der Waals surface area contributed by atoms with Crippen molar-refractivity contribution in [3.05, 3.63) is 58.9 Å². The van der Waals surface area contributed by atoms with E-state index in [0.717, 1.165) is 12.1 Å². The number of aromatic nitrogens is 1. The fraction of sp³-hybridized carbons (Fsp3) is 0.133. The van der Waals surface area contributed by atoms with Gasteiger partial charge in [-0.3, -0.25) is 9.78 Å². The van der Waals surface area contributed by atoms with Gasteiger partial charge in [-0.1, -0.05) is 12.1 Å². The monoisotopic (exact) mass is 325 g/mol. The van der Waals surface area contributed by atoms with E-state index in [1.807, 2.05) is 0 Å². The second-order valence-electron chi connectivity index (χ2n) is 4.62. The lowest BCUT2D eigenvalue weighted by Crippen LogP contribution is -2.17. The molecule has 1 aromatic heterocycles. The van der Waals surface area contributed by atoms with Crippen LogP contribution in [0.3, 0.4) is 0 Å². The Morgan fingerprint density at radius 3 is 2.52 bits per heavy atom. The van der Waals surface area contributed by atoms with E-state index >= 15 is 0 Å². The molecule has 1 heterocycles. The topological polar surface area (TPSA) is 76.5 Å². The zero-order chi connectivity index (χ0) is 17.2. The van der Waals surface area contributed by atoms with Gasteiger partial charge >= 0.3 is 12.3 Å². The van der Waals surface area contributed by atoms with Gasteiger partial charge in [-0.05, 0) is 30.7 Å². The Labute approximate surface area is 128 Å². The summed E-state index contributed by atoms with van der Waals surface area (Å²) in [6.45, 7) is 1.60. The van der Waals surface area contributed by atoms with Gasteiger partial charge < -0.3 is 9.84 Å². The van der Waals surface area contributed by atoms with E-state index in [1.165, 1.54) is 24.4 Å². The average Bonchev–Trinajstić information content (AvgIpc) is 2.45. The number of rotatable bonds is 4. The van der Waals surface area contributed by atoms with Crippen molar-refractivity contribution in [3.63, 3.8) is 0 Å². The van der Waals surface area contributed by atoms with Crippen LogP contribution in [0.5, 0.6) is 5.75 Å². The number of carboxylic acids is 1. The number of carbonyl (C=O) groups excluding carboxylic acids is 1. The summed E-state index contributed by atoms with van der Waals surface area (Å²) < 4.78 is 40.4. The third-order valence-electron chi connectivity index (χ3n) is 2.80. The van der Waals surface area contributed by atoms with E-state index in [9.17, 15) is 22.8 Å². The van der Waals surface area contributed by atoms with Crippen LogP contribution in [0.25, 0.3) is 0 Å². The number of ether oxygens (including phenoxy) is 1. The van der Waals surface area contributed by atoms with Crippen molar-refractivity contribution in [3.8, 4) is 5.75 Å². The van der Waals surface area contributed by atoms with E-state index in [2.05, 4.69) is 9.72 Å². The van der Waals surface area contributed by atoms with Crippen molar-refractivity contribution >= 4 is 11.8 Å². The van der Waals surface area contributed by atoms with Crippen LogP contribution in [0, 0.1) is 6.92 Å². The molecule has 0 aliphatic carbocycles. The highest BCUT2D eigenvalue weighted by atomic mass is 19.4. The molecule has 5 nitrogen and oxygen atoms in total. The zero-order valence-electron chi connectivity index (χ0n) is 11.7. The van der Waals surface area contributed by atoms with Crippen LogP contribution in [-0.2, 0) is 0 Å². The molecule has 1 N–H and O–H groups in total. The summed E-state index contributed by atoms with van der Waals surface area (Å²) in [5.41, 5.74) is -0.303. The molecule has 1 aromatic carbocycles. The highest BCUT2D eigenvalue weighted by Gasteiger charge is 2.31. The molecule has 2 rings (SSSR count). The zero-order valence-corrected chi connectivity index (χ0v) is 11.7. The standard InChI is InChI=1S/C15H10F3NO4/c1-8-5-11(14(21)22)12(19-7-8)13(20)9-3-2-4-10(6-9)23-15(16,17)18/h2-7H,1H3,(H,21,22). The molecule has 0 aliphatic heterocycles. The van der Waals surface area contributed by atoms with E-state index in [0.29, 0.717) is 5.56 Å². The smallest absolute Gasteiger partial charge is 0.478 e. The molecule has 0 amide bonds. The quantitative estimate of drug-likeness (QED) is 0.874. The van der Waals surface area contributed by atoms with Crippen LogP contribution >= 0.6 is 0 Å². The number of benzene rings is 1. The molecular formula is C15H10F3NO4. The van der Waals surface area contributed by atoms with Crippen LogP contribution < -0.4 is 4.74 Å². The number of halogens is 3. The Morgan fingerprint density at radius 2 is 1.91 bits per heavy atom. The Morgan fingerprint density at radius 1 is 1.22 bits per heavy atom. The van der Waals surface area contributed by atoms with E-state index in [4.69, 9.17) is 5.11 Å². The van der Waals surface area contributed by atoms with Gasteiger partial charge in [0.15, 0.2) is 0 Å². The number of aromatic carboxylic acids is 1. The normalized spacial score (nSPS) is 11.1. The number of hydrogen-bond acceptors (Lipinski definition) is 4. The van der Waals surface area contributed by atoms with Crippen molar-refractivity contribution in [1.29, 1.82) is 0 Å². The molecule has 0 saturated carbocycles. The Kier molecular flexibility index (Phi) is 4.35. The Balaban J connectivity index is 2.42. The number of nitrogens with zero attached hydrogens (tertiary/aromatic N) is 1. The predicted molar refractivity (Wildman–Crippen MR) is 72.5 cm³/mol. The minimum atomic E-state index is -4.89. The lowest BCUT2D eigenvalue weighted by Gasteiger charge is -2.10.